The molecular weight excluding hydrogens is 360 g/mol. The number of aryl methyl sites for hydroxylation is 1. The van der Waals surface area contributed by atoms with Gasteiger partial charge in [-0.25, -0.2) is 9.59 Å². The minimum Gasteiger partial charge on any atom is -0.447 e. The minimum absolute atomic E-state index is 0.262. The number of amides is 1. The number of hydrogen-bond donors (Lipinski definition) is 1. The minimum atomic E-state index is -0.415. The quantitative estimate of drug-likeness (QED) is 0.816. The molecule has 1 atom stereocenters. The molecule has 1 aromatic heterocycles. The molecule has 1 N–H and O–H groups in total. The monoisotopic (exact) mass is 384 g/mol. The van der Waals surface area contributed by atoms with E-state index in [9.17, 15) is 14.4 Å². The summed E-state index contributed by atoms with van der Waals surface area (Å²) in [6.07, 6.45) is 0.447. The summed E-state index contributed by atoms with van der Waals surface area (Å²) in [4.78, 5) is 43.1. The van der Waals surface area contributed by atoms with Gasteiger partial charge in [-0.15, -0.1) is 0 Å². The second-order valence-electron chi connectivity index (χ2n) is 7.62. The molecule has 2 aliphatic heterocycles. The van der Waals surface area contributed by atoms with Crippen molar-refractivity contribution < 1.29 is 9.53 Å². The van der Waals surface area contributed by atoms with Gasteiger partial charge >= 0.3 is 11.8 Å². The first-order chi connectivity index (χ1) is 13.5. The van der Waals surface area contributed by atoms with Crippen LogP contribution in [0.15, 0.2) is 46.0 Å². The van der Waals surface area contributed by atoms with Crippen LogP contribution in [0.25, 0.3) is 0 Å². The van der Waals surface area contributed by atoms with E-state index >= 15 is 0 Å². The van der Waals surface area contributed by atoms with Gasteiger partial charge in [0, 0.05) is 50.9 Å². The van der Waals surface area contributed by atoms with Crippen molar-refractivity contribution in [3.05, 3.63) is 68.5 Å². The molecule has 0 bridgehead atoms. The number of nitrogens with one attached hydrogen (secondary N) is 1. The van der Waals surface area contributed by atoms with E-state index in [2.05, 4.69) is 22.0 Å². The molecule has 8 heteroatoms. The number of H-pyrrole nitrogens is 1. The maximum absolute atomic E-state index is 12.2. The van der Waals surface area contributed by atoms with Crippen molar-refractivity contribution >= 4 is 6.09 Å². The highest BCUT2D eigenvalue weighted by molar-refractivity contribution is 5.71. The summed E-state index contributed by atoms with van der Waals surface area (Å²) in [7, 11) is 0. The van der Waals surface area contributed by atoms with Crippen molar-refractivity contribution in [1.82, 2.24) is 19.4 Å². The molecule has 3 heterocycles. The van der Waals surface area contributed by atoms with Gasteiger partial charge in [0.1, 0.15) is 6.61 Å². The fourth-order valence-corrected chi connectivity index (χ4v) is 4.20. The van der Waals surface area contributed by atoms with E-state index in [4.69, 9.17) is 4.74 Å². The van der Waals surface area contributed by atoms with Crippen molar-refractivity contribution in [3.63, 3.8) is 0 Å². The molecule has 2 aliphatic rings. The maximum Gasteiger partial charge on any atom is 0.410 e. The molecular formula is C20H24N4O4. The van der Waals surface area contributed by atoms with Gasteiger partial charge in [0.15, 0.2) is 0 Å². The van der Waals surface area contributed by atoms with Gasteiger partial charge in [-0.3, -0.25) is 19.2 Å². The second kappa shape index (κ2) is 7.27. The lowest BCUT2D eigenvalue weighted by Crippen LogP contribution is -2.62. The van der Waals surface area contributed by atoms with Crippen LogP contribution in [0.3, 0.4) is 0 Å². The summed E-state index contributed by atoms with van der Waals surface area (Å²) in [5.41, 5.74) is 0.615. The van der Waals surface area contributed by atoms with Crippen LogP contribution in [0.5, 0.6) is 0 Å². The zero-order valence-corrected chi connectivity index (χ0v) is 15.9. The smallest absolute Gasteiger partial charge is 0.410 e. The van der Waals surface area contributed by atoms with E-state index in [0.717, 1.165) is 5.56 Å². The molecule has 28 heavy (non-hydrogen) atoms. The largest absolute Gasteiger partial charge is 0.447 e. The van der Waals surface area contributed by atoms with Gasteiger partial charge in [-0.05, 0) is 12.5 Å². The Morgan fingerprint density at radius 1 is 1.11 bits per heavy atom. The lowest BCUT2D eigenvalue weighted by molar-refractivity contribution is 0.0497. The van der Waals surface area contributed by atoms with Crippen LogP contribution in [-0.2, 0) is 17.7 Å². The zero-order chi connectivity index (χ0) is 19.7. The van der Waals surface area contributed by atoms with Gasteiger partial charge in [-0.1, -0.05) is 30.3 Å². The number of aromatic amines is 1. The highest BCUT2D eigenvalue weighted by Crippen LogP contribution is 2.32. The molecule has 4 rings (SSSR count). The number of benzene rings is 1. The zero-order valence-electron chi connectivity index (χ0n) is 15.9. The predicted molar refractivity (Wildman–Crippen MR) is 103 cm³/mol. The molecule has 148 valence electrons. The predicted octanol–water partition coefficient (Wildman–Crippen LogP) is 0.594. The van der Waals surface area contributed by atoms with Gasteiger partial charge < -0.3 is 9.72 Å². The van der Waals surface area contributed by atoms with E-state index in [1.807, 2.05) is 23.1 Å². The third kappa shape index (κ3) is 3.47. The van der Waals surface area contributed by atoms with Crippen molar-refractivity contribution in [3.8, 4) is 0 Å². The van der Waals surface area contributed by atoms with E-state index in [1.165, 1.54) is 10.6 Å². The second-order valence-corrected chi connectivity index (χ2v) is 7.62. The summed E-state index contributed by atoms with van der Waals surface area (Å²) in [6.45, 7) is 4.81. The maximum atomic E-state index is 12.2. The summed E-state index contributed by atoms with van der Waals surface area (Å²) < 4.78 is 6.61. The van der Waals surface area contributed by atoms with E-state index in [0.29, 0.717) is 51.4 Å². The van der Waals surface area contributed by atoms with E-state index < -0.39 is 5.54 Å². The number of cyclic esters (lactones) is 1. The molecule has 0 radical (unpaired) electrons. The first-order valence-electron chi connectivity index (χ1n) is 9.48. The third-order valence-corrected chi connectivity index (χ3v) is 5.59. The standard InChI is InChI=1S/C20H24N4O4/c1-15-11-17(25)23(18(26)21-15)9-7-22-8-10-24-19(27)28-14-20(24,13-22)12-16-5-3-2-4-6-16/h2-6,11H,7-10,12-14H2,1H3,(H,21,26). The Morgan fingerprint density at radius 3 is 2.64 bits per heavy atom. The number of carbonyl (C=O) groups is 1. The molecule has 0 saturated carbocycles. The molecule has 8 nitrogen and oxygen atoms in total. The Kier molecular flexibility index (Phi) is 4.80. The van der Waals surface area contributed by atoms with Crippen molar-refractivity contribution in [2.24, 2.45) is 0 Å². The molecule has 2 saturated heterocycles. The average molecular weight is 384 g/mol. The molecule has 2 aromatic rings. The van der Waals surface area contributed by atoms with Crippen molar-refractivity contribution in [1.29, 1.82) is 0 Å². The van der Waals surface area contributed by atoms with Crippen LogP contribution >= 0.6 is 0 Å². The molecule has 1 unspecified atom stereocenters. The van der Waals surface area contributed by atoms with Crippen molar-refractivity contribution in [2.75, 3.05) is 32.8 Å². The molecule has 2 fully saturated rings. The Labute approximate surface area is 162 Å². The fourth-order valence-electron chi connectivity index (χ4n) is 4.20. The van der Waals surface area contributed by atoms with Crippen LogP contribution in [0.1, 0.15) is 11.3 Å². The summed E-state index contributed by atoms with van der Waals surface area (Å²) >= 11 is 0. The van der Waals surface area contributed by atoms with Gasteiger partial charge in [-0.2, -0.15) is 0 Å². The van der Waals surface area contributed by atoms with Crippen LogP contribution in [0.4, 0.5) is 4.79 Å². The highest BCUT2D eigenvalue weighted by atomic mass is 16.6. The summed E-state index contributed by atoms with van der Waals surface area (Å²) in [5, 5.41) is 0. The molecule has 1 aromatic carbocycles. The first-order valence-corrected chi connectivity index (χ1v) is 9.48. The summed E-state index contributed by atoms with van der Waals surface area (Å²) in [5.74, 6) is 0. The number of rotatable bonds is 5. The Morgan fingerprint density at radius 2 is 1.89 bits per heavy atom. The average Bonchev–Trinajstić information content (AvgIpc) is 2.97. The van der Waals surface area contributed by atoms with Gasteiger partial charge in [0.25, 0.3) is 5.56 Å². The molecule has 1 amide bonds. The number of nitrogens with zero attached hydrogens (tertiary/aromatic N) is 3. The Hall–Kier alpha value is -2.87. The third-order valence-electron chi connectivity index (χ3n) is 5.59. The SMILES string of the molecule is Cc1cc(=O)n(CCN2CCN3C(=O)OCC3(Cc3ccccc3)C2)c(=O)[nH]1. The molecule has 0 spiro atoms. The van der Waals surface area contributed by atoms with Crippen LogP contribution in [0, 0.1) is 6.92 Å². The van der Waals surface area contributed by atoms with E-state index in [-0.39, 0.29) is 17.3 Å². The van der Waals surface area contributed by atoms with E-state index in [1.54, 1.807) is 6.92 Å². The van der Waals surface area contributed by atoms with Crippen LogP contribution in [-0.4, -0.2) is 63.8 Å². The van der Waals surface area contributed by atoms with Gasteiger partial charge in [0.2, 0.25) is 0 Å². The summed E-state index contributed by atoms with van der Waals surface area (Å²) in [6, 6.07) is 11.5. The number of hydrogen-bond acceptors (Lipinski definition) is 5. The Balaban J connectivity index is 1.51. The lowest BCUT2D eigenvalue weighted by atomic mass is 9.88. The number of carbonyl (C=O) groups excluding carboxylic acids is 1. The number of piperazine rings is 1. The van der Waals surface area contributed by atoms with Crippen LogP contribution < -0.4 is 11.2 Å². The Bertz CT molecular complexity index is 952. The molecule has 0 aliphatic carbocycles. The fraction of sp³-hybridized carbons (Fsp3) is 0.450. The van der Waals surface area contributed by atoms with Crippen molar-refractivity contribution in [2.45, 2.75) is 25.4 Å². The normalized spacial score (nSPS) is 22.2. The number of fused-ring (bicyclic) bond motifs is 1. The first kappa shape index (κ1) is 18.5. The topological polar surface area (TPSA) is 87.6 Å². The number of aromatic nitrogens is 2. The number of ether oxygens (including phenoxy) is 1. The van der Waals surface area contributed by atoms with Gasteiger partial charge in [0.05, 0.1) is 5.54 Å². The van der Waals surface area contributed by atoms with Crippen LogP contribution in [0.2, 0.25) is 0 Å². The lowest BCUT2D eigenvalue weighted by Gasteiger charge is -2.44. The highest BCUT2D eigenvalue weighted by Gasteiger charge is 2.50.